The van der Waals surface area contributed by atoms with E-state index >= 15 is 0 Å². The van der Waals surface area contributed by atoms with E-state index in [-0.39, 0.29) is 0 Å². The average Bonchev–Trinajstić information content (AvgIpc) is 2.09. The fourth-order valence-electron chi connectivity index (χ4n) is 0.625. The molecule has 0 fully saturated rings. The quantitative estimate of drug-likeness (QED) is 0.606. The summed E-state index contributed by atoms with van der Waals surface area (Å²) >= 11 is 5.00. The van der Waals surface area contributed by atoms with E-state index in [4.69, 9.17) is 0 Å². The van der Waals surface area contributed by atoms with Gasteiger partial charge in [0.2, 0.25) is 0 Å². The van der Waals surface area contributed by atoms with Crippen molar-refractivity contribution in [2.24, 2.45) is 0 Å². The van der Waals surface area contributed by atoms with Gasteiger partial charge in [-0.15, -0.1) is 0 Å². The summed E-state index contributed by atoms with van der Waals surface area (Å²) in [6, 6.07) is 0. The van der Waals surface area contributed by atoms with Crippen molar-refractivity contribution in [2.75, 3.05) is 0 Å². The Labute approximate surface area is 85.3 Å². The minimum atomic E-state index is 0.589. The Kier molecular flexibility index (Phi) is 4.01. The van der Waals surface area contributed by atoms with E-state index in [0.29, 0.717) is 5.25 Å². The molecule has 0 aliphatic heterocycles. The van der Waals surface area contributed by atoms with Crippen molar-refractivity contribution in [1.82, 2.24) is 9.97 Å². The first-order valence-corrected chi connectivity index (χ1v) is 5.54. The Hall–Kier alpha value is -0.0900. The molecule has 0 saturated carbocycles. The van der Waals surface area contributed by atoms with Crippen molar-refractivity contribution in [3.8, 4) is 0 Å². The molecule has 1 unspecified atom stereocenters. The minimum Gasteiger partial charge on any atom is -0.230 e. The van der Waals surface area contributed by atoms with Crippen LogP contribution in [-0.4, -0.2) is 15.2 Å². The maximum atomic E-state index is 4.17. The first-order chi connectivity index (χ1) is 5.72. The van der Waals surface area contributed by atoms with Crippen LogP contribution in [0.5, 0.6) is 0 Å². The summed E-state index contributed by atoms with van der Waals surface area (Å²) in [6.45, 7) is 4.34. The highest BCUT2D eigenvalue weighted by molar-refractivity contribution is 9.10. The predicted molar refractivity (Wildman–Crippen MR) is 55.3 cm³/mol. The largest absolute Gasteiger partial charge is 0.230 e. The average molecular weight is 247 g/mol. The molecule has 0 amide bonds. The molecule has 0 N–H and O–H groups in total. The van der Waals surface area contributed by atoms with Gasteiger partial charge >= 0.3 is 0 Å². The van der Waals surface area contributed by atoms with Crippen LogP contribution < -0.4 is 0 Å². The molecule has 2 nitrogen and oxygen atoms in total. The molecule has 1 aromatic rings. The third-order valence-corrected chi connectivity index (χ3v) is 3.04. The SMILES string of the molecule is CCC(C)Sc1ncc(Br)cn1. The van der Waals surface area contributed by atoms with Gasteiger partial charge in [0.25, 0.3) is 0 Å². The van der Waals surface area contributed by atoms with Crippen LogP contribution in [0.3, 0.4) is 0 Å². The maximum Gasteiger partial charge on any atom is 0.187 e. The third kappa shape index (κ3) is 3.11. The molecule has 0 aliphatic carbocycles. The van der Waals surface area contributed by atoms with Gasteiger partial charge in [0.1, 0.15) is 0 Å². The van der Waals surface area contributed by atoms with E-state index in [1.807, 2.05) is 0 Å². The second-order valence-electron chi connectivity index (χ2n) is 2.52. The van der Waals surface area contributed by atoms with Crippen molar-refractivity contribution < 1.29 is 0 Å². The van der Waals surface area contributed by atoms with E-state index in [9.17, 15) is 0 Å². The number of hydrogen-bond donors (Lipinski definition) is 0. The van der Waals surface area contributed by atoms with Gasteiger partial charge in [0, 0.05) is 17.6 Å². The number of rotatable bonds is 3. The van der Waals surface area contributed by atoms with Crippen molar-refractivity contribution in [3.63, 3.8) is 0 Å². The molecule has 1 atom stereocenters. The molecule has 12 heavy (non-hydrogen) atoms. The lowest BCUT2D eigenvalue weighted by Crippen LogP contribution is -1.95. The van der Waals surface area contributed by atoms with Crippen LogP contribution >= 0.6 is 27.7 Å². The third-order valence-electron chi connectivity index (χ3n) is 1.48. The zero-order valence-corrected chi connectivity index (χ0v) is 9.52. The fraction of sp³-hybridized carbons (Fsp3) is 0.500. The lowest BCUT2D eigenvalue weighted by molar-refractivity contribution is 0.883. The summed E-state index contributed by atoms with van der Waals surface area (Å²) in [5, 5.41) is 1.44. The highest BCUT2D eigenvalue weighted by Crippen LogP contribution is 2.21. The smallest absolute Gasteiger partial charge is 0.187 e. The van der Waals surface area contributed by atoms with Gasteiger partial charge in [-0.3, -0.25) is 0 Å². The summed E-state index contributed by atoms with van der Waals surface area (Å²) in [7, 11) is 0. The van der Waals surface area contributed by atoms with Crippen LogP contribution in [0.2, 0.25) is 0 Å². The van der Waals surface area contributed by atoms with Gasteiger partial charge in [0.05, 0.1) is 4.47 Å². The number of hydrogen-bond acceptors (Lipinski definition) is 3. The normalized spacial score (nSPS) is 12.9. The number of nitrogens with zero attached hydrogens (tertiary/aromatic N) is 2. The van der Waals surface area contributed by atoms with E-state index in [0.717, 1.165) is 16.0 Å². The standard InChI is InChI=1S/C8H11BrN2S/c1-3-6(2)12-8-10-4-7(9)5-11-8/h4-6H,3H2,1-2H3. The number of halogens is 1. The van der Waals surface area contributed by atoms with Crippen LogP contribution in [0.4, 0.5) is 0 Å². The van der Waals surface area contributed by atoms with Crippen molar-refractivity contribution >= 4 is 27.7 Å². The maximum absolute atomic E-state index is 4.17. The lowest BCUT2D eigenvalue weighted by Gasteiger charge is -2.05. The zero-order chi connectivity index (χ0) is 8.97. The van der Waals surface area contributed by atoms with E-state index < -0.39 is 0 Å². The predicted octanol–water partition coefficient (Wildman–Crippen LogP) is 3.13. The molecule has 4 heteroatoms. The number of thioether (sulfide) groups is 1. The van der Waals surface area contributed by atoms with Crippen LogP contribution in [0, 0.1) is 0 Å². The van der Waals surface area contributed by atoms with Crippen molar-refractivity contribution in [3.05, 3.63) is 16.9 Å². The highest BCUT2D eigenvalue weighted by Gasteiger charge is 2.03. The molecule has 1 aromatic heterocycles. The first kappa shape index (κ1) is 9.99. The van der Waals surface area contributed by atoms with Crippen molar-refractivity contribution in [1.29, 1.82) is 0 Å². The fourth-order valence-corrected chi connectivity index (χ4v) is 1.58. The highest BCUT2D eigenvalue weighted by atomic mass is 79.9. The lowest BCUT2D eigenvalue weighted by atomic mass is 10.4. The monoisotopic (exact) mass is 246 g/mol. The van der Waals surface area contributed by atoms with E-state index in [1.54, 1.807) is 24.2 Å². The molecule has 0 spiro atoms. The molecule has 0 bridgehead atoms. The zero-order valence-electron chi connectivity index (χ0n) is 7.12. The van der Waals surface area contributed by atoms with E-state index in [2.05, 4.69) is 39.7 Å². The molecule has 66 valence electrons. The second kappa shape index (κ2) is 4.82. The molecule has 1 heterocycles. The Morgan fingerprint density at radius 1 is 1.50 bits per heavy atom. The Balaban J connectivity index is 2.58. The second-order valence-corrected chi connectivity index (χ2v) is 4.84. The summed E-state index contributed by atoms with van der Waals surface area (Å²) < 4.78 is 0.927. The molecular weight excluding hydrogens is 236 g/mol. The van der Waals surface area contributed by atoms with Crippen LogP contribution in [0.1, 0.15) is 20.3 Å². The summed E-state index contributed by atoms with van der Waals surface area (Å²) in [5.74, 6) is 0. The van der Waals surface area contributed by atoms with E-state index in [1.165, 1.54) is 0 Å². The molecule has 0 aromatic carbocycles. The molecule has 1 rings (SSSR count). The molecule has 0 aliphatic rings. The van der Waals surface area contributed by atoms with Gasteiger partial charge in [-0.05, 0) is 22.4 Å². The topological polar surface area (TPSA) is 25.8 Å². The van der Waals surface area contributed by atoms with Gasteiger partial charge in [-0.2, -0.15) is 0 Å². The Morgan fingerprint density at radius 3 is 2.58 bits per heavy atom. The molecule has 0 saturated heterocycles. The van der Waals surface area contributed by atoms with Gasteiger partial charge in [-0.25, -0.2) is 9.97 Å². The van der Waals surface area contributed by atoms with Crippen LogP contribution in [0.25, 0.3) is 0 Å². The van der Waals surface area contributed by atoms with Crippen LogP contribution in [0.15, 0.2) is 22.0 Å². The summed E-state index contributed by atoms with van der Waals surface area (Å²) in [6.07, 6.45) is 4.69. The van der Waals surface area contributed by atoms with Gasteiger partial charge < -0.3 is 0 Å². The summed E-state index contributed by atoms with van der Waals surface area (Å²) in [4.78, 5) is 8.34. The number of aromatic nitrogens is 2. The minimum absolute atomic E-state index is 0.589. The molecular formula is C8H11BrN2S. The Morgan fingerprint density at radius 2 is 2.08 bits per heavy atom. The van der Waals surface area contributed by atoms with Gasteiger partial charge in [0.15, 0.2) is 5.16 Å². The molecule has 0 radical (unpaired) electrons. The first-order valence-electron chi connectivity index (χ1n) is 3.86. The van der Waals surface area contributed by atoms with Gasteiger partial charge in [-0.1, -0.05) is 25.6 Å². The van der Waals surface area contributed by atoms with Crippen molar-refractivity contribution in [2.45, 2.75) is 30.7 Å². The van der Waals surface area contributed by atoms with Crippen LogP contribution in [-0.2, 0) is 0 Å². The Bertz CT molecular complexity index is 237. The summed E-state index contributed by atoms with van der Waals surface area (Å²) in [5.41, 5.74) is 0.